The van der Waals surface area contributed by atoms with Gasteiger partial charge in [0.25, 0.3) is 0 Å². The van der Waals surface area contributed by atoms with Crippen LogP contribution < -0.4 is 15.2 Å². The predicted octanol–water partition coefficient (Wildman–Crippen LogP) is 3.27. The molecule has 1 heterocycles. The number of nitrogens with two attached hydrogens (primary N) is 1. The molecule has 0 radical (unpaired) electrons. The third kappa shape index (κ3) is 5.22. The molecule has 0 saturated heterocycles. The van der Waals surface area contributed by atoms with Gasteiger partial charge in [-0.3, -0.25) is 0 Å². The van der Waals surface area contributed by atoms with Crippen LogP contribution in [0.3, 0.4) is 0 Å². The van der Waals surface area contributed by atoms with E-state index in [9.17, 15) is 9.59 Å². The lowest BCUT2D eigenvalue weighted by molar-refractivity contribution is 0.00595. The second kappa shape index (κ2) is 8.89. The van der Waals surface area contributed by atoms with Gasteiger partial charge in [0.1, 0.15) is 11.2 Å². The quantitative estimate of drug-likeness (QED) is 0.707. The summed E-state index contributed by atoms with van der Waals surface area (Å²) in [5.74, 6) is -0.0793. The van der Waals surface area contributed by atoms with Crippen LogP contribution in [0.5, 0.6) is 11.5 Å². The Labute approximate surface area is 170 Å². The lowest BCUT2D eigenvalue weighted by Crippen LogP contribution is -2.26. The van der Waals surface area contributed by atoms with Crippen molar-refractivity contribution in [3.8, 4) is 11.5 Å². The van der Waals surface area contributed by atoms with Crippen LogP contribution in [-0.4, -0.2) is 42.9 Å². The van der Waals surface area contributed by atoms with Gasteiger partial charge in [0.15, 0.2) is 17.2 Å². The number of anilines is 1. The van der Waals surface area contributed by atoms with Crippen molar-refractivity contribution in [1.82, 2.24) is 4.57 Å². The Morgan fingerprint density at radius 1 is 1.07 bits per heavy atom. The molecule has 2 N–H and O–H groups in total. The van der Waals surface area contributed by atoms with Gasteiger partial charge >= 0.3 is 11.9 Å². The molecule has 0 amide bonds. The number of rotatable bonds is 7. The van der Waals surface area contributed by atoms with Crippen LogP contribution in [0.2, 0.25) is 0 Å². The highest BCUT2D eigenvalue weighted by Gasteiger charge is 2.28. The molecule has 0 spiro atoms. The van der Waals surface area contributed by atoms with E-state index in [0.717, 1.165) is 5.56 Å². The fourth-order valence-corrected chi connectivity index (χ4v) is 2.80. The van der Waals surface area contributed by atoms with E-state index in [1.807, 2.05) is 6.07 Å². The lowest BCUT2D eigenvalue weighted by atomic mass is 10.2. The van der Waals surface area contributed by atoms with E-state index in [1.54, 1.807) is 58.6 Å². The van der Waals surface area contributed by atoms with Gasteiger partial charge in [-0.2, -0.15) is 0 Å². The molecule has 158 valence electrons. The molecule has 0 aliphatic heterocycles. The number of esters is 2. The van der Waals surface area contributed by atoms with Crippen LogP contribution in [0.4, 0.5) is 5.69 Å². The van der Waals surface area contributed by atoms with Gasteiger partial charge in [-0.15, -0.1) is 0 Å². The number of carbonyl (C=O) groups is 2. The van der Waals surface area contributed by atoms with Crippen LogP contribution >= 0.6 is 0 Å². The second-order valence-electron chi connectivity index (χ2n) is 7.34. The number of nitrogen functional groups attached to an aromatic ring is 1. The zero-order chi connectivity index (χ0) is 21.8. The summed E-state index contributed by atoms with van der Waals surface area (Å²) >= 11 is 0. The van der Waals surface area contributed by atoms with Crippen molar-refractivity contribution >= 4 is 17.6 Å². The van der Waals surface area contributed by atoms with Crippen molar-refractivity contribution in [2.45, 2.75) is 39.8 Å². The topological polar surface area (TPSA) is 102 Å². The van der Waals surface area contributed by atoms with Crippen molar-refractivity contribution in [1.29, 1.82) is 0 Å². The minimum Gasteiger partial charge on any atom is -0.493 e. The first-order valence-corrected chi connectivity index (χ1v) is 9.21. The molecule has 8 heteroatoms. The Hall–Kier alpha value is -3.16. The van der Waals surface area contributed by atoms with Gasteiger partial charge < -0.3 is 29.2 Å². The number of aromatic nitrogens is 1. The maximum absolute atomic E-state index is 12.8. The van der Waals surface area contributed by atoms with E-state index in [2.05, 4.69) is 0 Å². The summed E-state index contributed by atoms with van der Waals surface area (Å²) in [5.41, 5.74) is 6.48. The highest BCUT2D eigenvalue weighted by molar-refractivity contribution is 6.03. The number of benzene rings is 1. The van der Waals surface area contributed by atoms with E-state index in [1.165, 1.54) is 6.20 Å². The van der Waals surface area contributed by atoms with E-state index in [4.69, 9.17) is 24.7 Å². The van der Waals surface area contributed by atoms with Crippen molar-refractivity contribution < 1.29 is 28.5 Å². The van der Waals surface area contributed by atoms with Crippen LogP contribution in [0.1, 0.15) is 54.1 Å². The molecule has 0 bridgehead atoms. The average molecular weight is 404 g/mol. The SMILES string of the molecule is CCOC(=O)c1cn(Cc2ccc(OC)c(OC)c2)c(C(=O)OC(C)(C)C)c1N. The summed E-state index contributed by atoms with van der Waals surface area (Å²) < 4.78 is 22.7. The zero-order valence-electron chi connectivity index (χ0n) is 17.7. The number of methoxy groups -OCH3 is 2. The number of ether oxygens (including phenoxy) is 4. The number of hydrogen-bond donors (Lipinski definition) is 1. The minimum absolute atomic E-state index is 0.0261. The molecule has 29 heavy (non-hydrogen) atoms. The Morgan fingerprint density at radius 3 is 2.28 bits per heavy atom. The molecule has 0 unspecified atom stereocenters. The normalized spacial score (nSPS) is 11.1. The van der Waals surface area contributed by atoms with Crippen molar-refractivity contribution in [3.63, 3.8) is 0 Å². The van der Waals surface area contributed by atoms with Gasteiger partial charge in [-0.1, -0.05) is 6.07 Å². The van der Waals surface area contributed by atoms with Crippen LogP contribution in [-0.2, 0) is 16.0 Å². The smallest absolute Gasteiger partial charge is 0.357 e. The number of carbonyl (C=O) groups excluding carboxylic acids is 2. The van der Waals surface area contributed by atoms with Gasteiger partial charge in [-0.25, -0.2) is 9.59 Å². The van der Waals surface area contributed by atoms with Gasteiger partial charge in [-0.05, 0) is 45.4 Å². The molecule has 2 aromatic rings. The Bertz CT molecular complexity index is 895. The summed E-state index contributed by atoms with van der Waals surface area (Å²) in [5, 5.41) is 0. The van der Waals surface area contributed by atoms with Gasteiger partial charge in [0, 0.05) is 12.7 Å². The molecular weight excluding hydrogens is 376 g/mol. The van der Waals surface area contributed by atoms with E-state index in [-0.39, 0.29) is 30.1 Å². The number of hydrogen-bond acceptors (Lipinski definition) is 7. The number of nitrogens with zero attached hydrogens (tertiary/aromatic N) is 1. The van der Waals surface area contributed by atoms with Crippen LogP contribution in [0.15, 0.2) is 24.4 Å². The highest BCUT2D eigenvalue weighted by atomic mass is 16.6. The monoisotopic (exact) mass is 404 g/mol. The third-order valence-corrected chi connectivity index (χ3v) is 4.01. The molecule has 0 saturated carbocycles. The largest absolute Gasteiger partial charge is 0.493 e. The summed E-state index contributed by atoms with van der Waals surface area (Å²) in [6, 6.07) is 5.39. The average Bonchev–Trinajstić information content (AvgIpc) is 2.96. The Morgan fingerprint density at radius 2 is 1.72 bits per heavy atom. The van der Waals surface area contributed by atoms with Crippen molar-refractivity contribution in [2.75, 3.05) is 26.6 Å². The zero-order valence-corrected chi connectivity index (χ0v) is 17.7. The fourth-order valence-electron chi connectivity index (χ4n) is 2.80. The standard InChI is InChI=1S/C21H28N2O6/c1-7-28-19(24)14-12-23(18(17(14)22)20(25)29-21(2,3)4)11-13-8-9-15(26-5)16(10-13)27-6/h8-10,12H,7,11,22H2,1-6H3. The lowest BCUT2D eigenvalue weighted by Gasteiger charge is -2.20. The summed E-state index contributed by atoms with van der Waals surface area (Å²) in [7, 11) is 3.09. The summed E-state index contributed by atoms with van der Waals surface area (Å²) in [6.45, 7) is 7.43. The molecular formula is C21H28N2O6. The Kier molecular flexibility index (Phi) is 6.79. The van der Waals surface area contributed by atoms with Crippen molar-refractivity contribution in [3.05, 3.63) is 41.2 Å². The predicted molar refractivity (Wildman–Crippen MR) is 109 cm³/mol. The summed E-state index contributed by atoms with van der Waals surface area (Å²) in [4.78, 5) is 25.1. The first-order valence-electron chi connectivity index (χ1n) is 9.21. The molecule has 8 nitrogen and oxygen atoms in total. The Balaban J connectivity index is 2.50. The van der Waals surface area contributed by atoms with Crippen LogP contribution in [0.25, 0.3) is 0 Å². The third-order valence-electron chi connectivity index (χ3n) is 4.01. The molecule has 0 aliphatic carbocycles. The van der Waals surface area contributed by atoms with E-state index in [0.29, 0.717) is 11.5 Å². The van der Waals surface area contributed by atoms with E-state index >= 15 is 0 Å². The summed E-state index contributed by atoms with van der Waals surface area (Å²) in [6.07, 6.45) is 1.50. The second-order valence-corrected chi connectivity index (χ2v) is 7.34. The maximum Gasteiger partial charge on any atom is 0.357 e. The van der Waals surface area contributed by atoms with E-state index < -0.39 is 17.5 Å². The van der Waals surface area contributed by atoms with Gasteiger partial charge in [0.05, 0.1) is 26.5 Å². The highest BCUT2D eigenvalue weighted by Crippen LogP contribution is 2.30. The first-order chi connectivity index (χ1) is 13.6. The first kappa shape index (κ1) is 22.1. The minimum atomic E-state index is -0.716. The molecule has 1 aromatic heterocycles. The van der Waals surface area contributed by atoms with Crippen LogP contribution in [0, 0.1) is 0 Å². The maximum atomic E-state index is 12.8. The van der Waals surface area contributed by atoms with Crippen molar-refractivity contribution in [2.24, 2.45) is 0 Å². The molecule has 2 rings (SSSR count). The van der Waals surface area contributed by atoms with Gasteiger partial charge in [0.2, 0.25) is 0 Å². The molecule has 1 aromatic carbocycles. The molecule has 0 aliphatic rings. The molecule has 0 fully saturated rings. The fraction of sp³-hybridized carbons (Fsp3) is 0.429. The molecule has 0 atom stereocenters.